The lowest BCUT2D eigenvalue weighted by atomic mass is 10.1. The van der Waals surface area contributed by atoms with Crippen LogP contribution in [0.2, 0.25) is 10.0 Å². The highest BCUT2D eigenvalue weighted by Gasteiger charge is 2.11. The van der Waals surface area contributed by atoms with Crippen LogP contribution in [0, 0.1) is 0 Å². The van der Waals surface area contributed by atoms with E-state index < -0.39 is 0 Å². The van der Waals surface area contributed by atoms with Gasteiger partial charge in [0.25, 0.3) is 5.91 Å². The quantitative estimate of drug-likeness (QED) is 0.646. The zero-order valence-electron chi connectivity index (χ0n) is 14.0. The molecule has 7 heteroatoms. The van der Waals surface area contributed by atoms with Gasteiger partial charge in [0.1, 0.15) is 17.0 Å². The van der Waals surface area contributed by atoms with E-state index in [-0.39, 0.29) is 12.5 Å². The number of amides is 1. The van der Waals surface area contributed by atoms with Crippen LogP contribution in [0.25, 0.3) is 10.9 Å². The van der Waals surface area contributed by atoms with Crippen LogP contribution in [0.4, 0.5) is 5.69 Å². The Kier molecular flexibility index (Phi) is 5.81. The van der Waals surface area contributed by atoms with Gasteiger partial charge in [-0.25, -0.2) is 0 Å². The van der Waals surface area contributed by atoms with Gasteiger partial charge in [0.2, 0.25) is 0 Å². The van der Waals surface area contributed by atoms with Crippen LogP contribution in [0.3, 0.4) is 0 Å². The lowest BCUT2D eigenvalue weighted by Gasteiger charge is -2.12. The van der Waals surface area contributed by atoms with Gasteiger partial charge in [0.05, 0.1) is 17.3 Å². The summed E-state index contributed by atoms with van der Waals surface area (Å²) in [6, 6.07) is 12.1. The highest BCUT2D eigenvalue weighted by Crippen LogP contribution is 2.30. The SMILES string of the molecule is CCOc1ccc(NC(=O)COc2ccc(Cl)cc2Cl)c2cccnc12. The van der Waals surface area contributed by atoms with Gasteiger partial charge >= 0.3 is 0 Å². The van der Waals surface area contributed by atoms with E-state index in [0.717, 1.165) is 5.39 Å². The second kappa shape index (κ2) is 8.25. The molecular formula is C19H16Cl2N2O3. The molecule has 1 aromatic heterocycles. The maximum absolute atomic E-state index is 12.3. The number of benzene rings is 2. The third kappa shape index (κ3) is 4.18. The predicted octanol–water partition coefficient (Wildman–Crippen LogP) is 4.96. The minimum absolute atomic E-state index is 0.184. The van der Waals surface area contributed by atoms with Crippen molar-refractivity contribution < 1.29 is 14.3 Å². The van der Waals surface area contributed by atoms with E-state index in [0.29, 0.717) is 39.4 Å². The normalized spacial score (nSPS) is 10.6. The first-order chi connectivity index (χ1) is 12.6. The first kappa shape index (κ1) is 18.3. The standard InChI is InChI=1S/C19H16Cl2N2O3/c1-2-25-17-8-6-15(13-4-3-9-22-19(13)17)23-18(24)11-26-16-7-5-12(20)10-14(16)21/h3-10H,2,11H2,1H3,(H,23,24). The molecule has 0 fully saturated rings. The number of anilines is 1. The van der Waals surface area contributed by atoms with Crippen LogP contribution >= 0.6 is 23.2 Å². The summed E-state index contributed by atoms with van der Waals surface area (Å²) >= 11 is 11.9. The van der Waals surface area contributed by atoms with Gasteiger partial charge in [0.15, 0.2) is 6.61 Å². The number of aromatic nitrogens is 1. The summed E-state index contributed by atoms with van der Waals surface area (Å²) in [7, 11) is 0. The molecule has 0 saturated carbocycles. The van der Waals surface area contributed by atoms with E-state index in [9.17, 15) is 4.79 Å². The lowest BCUT2D eigenvalue weighted by Crippen LogP contribution is -2.20. The van der Waals surface area contributed by atoms with Crippen LogP contribution in [0.15, 0.2) is 48.7 Å². The van der Waals surface area contributed by atoms with Crippen molar-refractivity contribution in [1.29, 1.82) is 0 Å². The number of carbonyl (C=O) groups is 1. The molecule has 0 bridgehead atoms. The highest BCUT2D eigenvalue weighted by atomic mass is 35.5. The zero-order valence-corrected chi connectivity index (χ0v) is 15.5. The maximum Gasteiger partial charge on any atom is 0.262 e. The van der Waals surface area contributed by atoms with Crippen molar-refractivity contribution in [3.8, 4) is 11.5 Å². The Balaban J connectivity index is 1.74. The first-order valence-electron chi connectivity index (χ1n) is 7.96. The summed E-state index contributed by atoms with van der Waals surface area (Å²) in [5, 5.41) is 4.46. The summed E-state index contributed by atoms with van der Waals surface area (Å²) < 4.78 is 11.0. The lowest BCUT2D eigenvalue weighted by molar-refractivity contribution is -0.118. The van der Waals surface area contributed by atoms with E-state index >= 15 is 0 Å². The Labute approximate surface area is 160 Å². The van der Waals surface area contributed by atoms with Gasteiger partial charge in [-0.15, -0.1) is 0 Å². The molecule has 0 unspecified atom stereocenters. The van der Waals surface area contributed by atoms with Gasteiger partial charge < -0.3 is 14.8 Å². The number of ether oxygens (including phenoxy) is 2. The predicted molar refractivity (Wildman–Crippen MR) is 103 cm³/mol. The van der Waals surface area contributed by atoms with Gasteiger partial charge in [-0.3, -0.25) is 9.78 Å². The third-order valence-electron chi connectivity index (χ3n) is 3.56. The molecule has 0 spiro atoms. The number of nitrogens with zero attached hydrogens (tertiary/aromatic N) is 1. The van der Waals surface area contributed by atoms with E-state index in [4.69, 9.17) is 32.7 Å². The molecule has 26 heavy (non-hydrogen) atoms. The number of rotatable bonds is 6. The van der Waals surface area contributed by atoms with Crippen LogP contribution in [0.5, 0.6) is 11.5 Å². The second-order valence-electron chi connectivity index (χ2n) is 5.36. The van der Waals surface area contributed by atoms with Crippen molar-refractivity contribution in [2.24, 2.45) is 0 Å². The zero-order chi connectivity index (χ0) is 18.5. The smallest absolute Gasteiger partial charge is 0.262 e. The maximum atomic E-state index is 12.3. The van der Waals surface area contributed by atoms with Gasteiger partial charge in [-0.05, 0) is 49.4 Å². The van der Waals surface area contributed by atoms with Crippen molar-refractivity contribution in [3.05, 3.63) is 58.7 Å². The molecule has 5 nitrogen and oxygen atoms in total. The largest absolute Gasteiger partial charge is 0.492 e. The molecule has 2 aromatic carbocycles. The second-order valence-corrected chi connectivity index (χ2v) is 6.20. The van der Waals surface area contributed by atoms with Crippen molar-refractivity contribution >= 4 is 45.7 Å². The Morgan fingerprint density at radius 3 is 2.69 bits per heavy atom. The average Bonchev–Trinajstić information content (AvgIpc) is 2.63. The molecule has 3 rings (SSSR count). The fourth-order valence-corrected chi connectivity index (χ4v) is 2.91. The summed E-state index contributed by atoms with van der Waals surface area (Å²) in [6.45, 7) is 2.26. The van der Waals surface area contributed by atoms with Crippen molar-refractivity contribution in [2.45, 2.75) is 6.92 Å². The molecule has 0 aliphatic heterocycles. The molecule has 1 N–H and O–H groups in total. The van der Waals surface area contributed by atoms with E-state index in [2.05, 4.69) is 10.3 Å². The molecule has 0 atom stereocenters. The summed E-state index contributed by atoms with van der Waals surface area (Å²) in [5.41, 5.74) is 1.32. The molecule has 3 aromatic rings. The first-order valence-corrected chi connectivity index (χ1v) is 8.72. The molecule has 0 aliphatic carbocycles. The van der Waals surface area contributed by atoms with Gasteiger partial charge in [-0.2, -0.15) is 0 Å². The number of hydrogen-bond donors (Lipinski definition) is 1. The molecule has 0 saturated heterocycles. The number of hydrogen-bond acceptors (Lipinski definition) is 4. The molecule has 1 amide bonds. The minimum Gasteiger partial charge on any atom is -0.492 e. The average molecular weight is 391 g/mol. The van der Waals surface area contributed by atoms with Crippen LogP contribution < -0.4 is 14.8 Å². The van der Waals surface area contributed by atoms with Crippen molar-refractivity contribution in [1.82, 2.24) is 4.98 Å². The van der Waals surface area contributed by atoms with Gasteiger partial charge in [0, 0.05) is 16.6 Å². The number of fused-ring (bicyclic) bond motifs is 1. The molecule has 134 valence electrons. The number of carbonyl (C=O) groups excluding carboxylic acids is 1. The van der Waals surface area contributed by atoms with E-state index in [1.54, 1.807) is 42.6 Å². The summed E-state index contributed by atoms with van der Waals surface area (Å²) in [4.78, 5) is 16.6. The fraction of sp³-hybridized carbons (Fsp3) is 0.158. The number of nitrogens with one attached hydrogen (secondary N) is 1. The Morgan fingerprint density at radius 1 is 1.12 bits per heavy atom. The molecule has 1 heterocycles. The Hall–Kier alpha value is -2.50. The monoisotopic (exact) mass is 390 g/mol. The number of pyridine rings is 1. The Morgan fingerprint density at radius 2 is 1.92 bits per heavy atom. The molecule has 0 aliphatic rings. The number of halogens is 2. The summed E-state index contributed by atoms with van der Waals surface area (Å²) in [5.74, 6) is 0.750. The Bertz CT molecular complexity index is 947. The van der Waals surface area contributed by atoms with E-state index in [1.165, 1.54) is 0 Å². The summed E-state index contributed by atoms with van der Waals surface area (Å²) in [6.07, 6.45) is 1.68. The fourth-order valence-electron chi connectivity index (χ4n) is 2.45. The van der Waals surface area contributed by atoms with E-state index in [1.807, 2.05) is 13.0 Å². The molecule has 0 radical (unpaired) electrons. The van der Waals surface area contributed by atoms with Crippen molar-refractivity contribution in [2.75, 3.05) is 18.5 Å². The van der Waals surface area contributed by atoms with Crippen LogP contribution in [0.1, 0.15) is 6.92 Å². The third-order valence-corrected chi connectivity index (χ3v) is 4.09. The highest BCUT2D eigenvalue weighted by molar-refractivity contribution is 6.35. The van der Waals surface area contributed by atoms with Gasteiger partial charge in [-0.1, -0.05) is 23.2 Å². The topological polar surface area (TPSA) is 60.5 Å². The van der Waals surface area contributed by atoms with Crippen LogP contribution in [-0.2, 0) is 4.79 Å². The minimum atomic E-state index is -0.315. The van der Waals surface area contributed by atoms with Crippen molar-refractivity contribution in [3.63, 3.8) is 0 Å². The molecular weight excluding hydrogens is 375 g/mol. The van der Waals surface area contributed by atoms with Crippen LogP contribution in [-0.4, -0.2) is 24.1 Å².